The van der Waals surface area contributed by atoms with Gasteiger partial charge in [0.1, 0.15) is 29.7 Å². The van der Waals surface area contributed by atoms with Crippen LogP contribution in [0.2, 0.25) is 30.7 Å². The predicted octanol–water partition coefficient (Wildman–Crippen LogP) is 7.01. The van der Waals surface area contributed by atoms with Crippen molar-refractivity contribution in [3.63, 3.8) is 0 Å². The lowest BCUT2D eigenvalue weighted by Crippen LogP contribution is -2.44. The number of nitrogens with zero attached hydrogens (tertiary/aromatic N) is 4. The summed E-state index contributed by atoms with van der Waals surface area (Å²) in [6.45, 7) is 14.6. The van der Waals surface area contributed by atoms with E-state index in [9.17, 15) is 9.18 Å². The van der Waals surface area contributed by atoms with Crippen molar-refractivity contribution >= 4 is 42.5 Å². The highest BCUT2D eigenvalue weighted by Crippen LogP contribution is 2.35. The number of ether oxygens (including phenoxy) is 2. The van der Waals surface area contributed by atoms with Crippen LogP contribution in [0.5, 0.6) is 0 Å². The van der Waals surface area contributed by atoms with Crippen LogP contribution in [-0.2, 0) is 16.2 Å². The van der Waals surface area contributed by atoms with Gasteiger partial charge in [-0.25, -0.2) is 18.9 Å². The van der Waals surface area contributed by atoms with Crippen molar-refractivity contribution in [2.45, 2.75) is 77.7 Å². The SMILES string of the molecule is CC(C)(C)OC(=O)N1CCC(Nc2cc(-c3nn(COCC[Si](C)(C)C)c4ccc(F)cc34)c(Cl)cn2)CC1. The third-order valence-electron chi connectivity index (χ3n) is 6.53. The molecule has 212 valence electrons. The standard InChI is InChI=1S/C28H39ClFN5O3Si/c1-28(2,3)38-27(36)34-11-9-20(10-12-34)32-25-16-21(23(29)17-31-25)26-22-15-19(30)7-8-24(22)35(33-26)18-37-13-14-39(4,5)6/h7-8,15-17,20H,9-14,18H2,1-6H3,(H,31,32). The van der Waals surface area contributed by atoms with E-state index in [2.05, 4.69) is 29.9 Å². The molecule has 1 amide bonds. The number of carbonyl (C=O) groups is 1. The summed E-state index contributed by atoms with van der Waals surface area (Å²) in [4.78, 5) is 18.6. The number of halogens is 2. The molecule has 1 aliphatic heterocycles. The largest absolute Gasteiger partial charge is 0.444 e. The molecule has 39 heavy (non-hydrogen) atoms. The summed E-state index contributed by atoms with van der Waals surface area (Å²) in [6, 6.07) is 7.66. The molecule has 0 atom stereocenters. The van der Waals surface area contributed by atoms with Gasteiger partial charge in [-0.05, 0) is 63.9 Å². The van der Waals surface area contributed by atoms with Crippen LogP contribution in [-0.4, -0.2) is 65.2 Å². The number of anilines is 1. The smallest absolute Gasteiger partial charge is 0.410 e. The Morgan fingerprint density at radius 1 is 1.21 bits per heavy atom. The average molecular weight is 576 g/mol. The molecule has 1 N–H and O–H groups in total. The lowest BCUT2D eigenvalue weighted by atomic mass is 10.0. The zero-order valence-corrected chi connectivity index (χ0v) is 25.4. The van der Waals surface area contributed by atoms with E-state index in [1.165, 1.54) is 12.1 Å². The molecular formula is C28H39ClFN5O3Si. The van der Waals surface area contributed by atoms with Crippen molar-refractivity contribution in [2.24, 2.45) is 0 Å². The molecule has 0 unspecified atom stereocenters. The molecule has 0 aliphatic carbocycles. The molecule has 1 aromatic carbocycles. The zero-order valence-electron chi connectivity index (χ0n) is 23.7. The lowest BCUT2D eigenvalue weighted by Gasteiger charge is -2.34. The fourth-order valence-corrected chi connectivity index (χ4v) is 5.37. The molecule has 11 heteroatoms. The Labute approximate surface area is 235 Å². The highest BCUT2D eigenvalue weighted by Gasteiger charge is 2.27. The van der Waals surface area contributed by atoms with Gasteiger partial charge in [-0.3, -0.25) is 0 Å². The molecule has 4 rings (SSSR count). The van der Waals surface area contributed by atoms with Gasteiger partial charge in [0.25, 0.3) is 0 Å². The van der Waals surface area contributed by atoms with E-state index < -0.39 is 13.7 Å². The van der Waals surface area contributed by atoms with E-state index in [0.717, 1.165) is 24.4 Å². The van der Waals surface area contributed by atoms with Gasteiger partial charge in [0.05, 0.1) is 10.5 Å². The average Bonchev–Trinajstić information content (AvgIpc) is 3.19. The first-order chi connectivity index (χ1) is 18.3. The molecule has 8 nitrogen and oxygen atoms in total. The van der Waals surface area contributed by atoms with E-state index in [1.54, 1.807) is 21.8 Å². The summed E-state index contributed by atoms with van der Waals surface area (Å²) in [7, 11) is -1.22. The molecule has 3 heterocycles. The van der Waals surface area contributed by atoms with E-state index >= 15 is 0 Å². The third kappa shape index (κ3) is 7.92. The molecule has 2 aromatic heterocycles. The summed E-state index contributed by atoms with van der Waals surface area (Å²) >= 11 is 6.59. The Morgan fingerprint density at radius 3 is 2.59 bits per heavy atom. The lowest BCUT2D eigenvalue weighted by molar-refractivity contribution is 0.0210. The van der Waals surface area contributed by atoms with Crippen molar-refractivity contribution in [3.8, 4) is 11.3 Å². The van der Waals surface area contributed by atoms with Crippen molar-refractivity contribution in [1.29, 1.82) is 0 Å². The Balaban J connectivity index is 1.50. The van der Waals surface area contributed by atoms with Gasteiger partial charge in [0, 0.05) is 51.0 Å². The van der Waals surface area contributed by atoms with Crippen LogP contribution in [0.3, 0.4) is 0 Å². The molecule has 0 bridgehead atoms. The Kier molecular flexibility index (Phi) is 8.87. The van der Waals surface area contributed by atoms with Gasteiger partial charge in [-0.2, -0.15) is 5.10 Å². The number of nitrogens with one attached hydrogen (secondary N) is 1. The number of likely N-dealkylation sites (tertiary alicyclic amines) is 1. The van der Waals surface area contributed by atoms with E-state index in [1.807, 2.05) is 26.8 Å². The third-order valence-corrected chi connectivity index (χ3v) is 8.54. The van der Waals surface area contributed by atoms with Crippen molar-refractivity contribution in [1.82, 2.24) is 19.7 Å². The first-order valence-corrected chi connectivity index (χ1v) is 17.5. The van der Waals surface area contributed by atoms with Crippen LogP contribution in [0.1, 0.15) is 33.6 Å². The molecule has 0 saturated carbocycles. The molecule has 3 aromatic rings. The maximum atomic E-state index is 14.3. The number of aromatic nitrogens is 3. The van der Waals surface area contributed by atoms with Crippen LogP contribution in [0.15, 0.2) is 30.5 Å². The normalized spacial score (nSPS) is 15.1. The van der Waals surface area contributed by atoms with Crippen LogP contribution in [0.4, 0.5) is 15.0 Å². The number of rotatable bonds is 8. The zero-order chi connectivity index (χ0) is 28.4. The number of piperidine rings is 1. The Bertz CT molecular complexity index is 1310. The minimum Gasteiger partial charge on any atom is -0.444 e. The van der Waals surface area contributed by atoms with Crippen LogP contribution in [0, 0.1) is 5.82 Å². The summed E-state index contributed by atoms with van der Waals surface area (Å²) in [5.41, 5.74) is 1.50. The highest BCUT2D eigenvalue weighted by molar-refractivity contribution is 6.76. The Hall–Kier alpha value is -2.69. The predicted molar refractivity (Wildman–Crippen MR) is 156 cm³/mol. The fraction of sp³-hybridized carbons (Fsp3) is 0.536. The number of carbonyl (C=O) groups excluding carboxylic acids is 1. The highest BCUT2D eigenvalue weighted by atomic mass is 35.5. The molecule has 0 radical (unpaired) electrons. The second-order valence-corrected chi connectivity index (χ2v) is 18.3. The molecule has 1 saturated heterocycles. The van der Waals surface area contributed by atoms with Gasteiger partial charge < -0.3 is 19.7 Å². The van der Waals surface area contributed by atoms with Gasteiger partial charge in [-0.15, -0.1) is 0 Å². The Morgan fingerprint density at radius 2 is 1.92 bits per heavy atom. The maximum absolute atomic E-state index is 14.3. The number of benzene rings is 1. The molecule has 1 fully saturated rings. The minimum absolute atomic E-state index is 0.136. The number of amides is 1. The van der Waals surface area contributed by atoms with Gasteiger partial charge in [0.15, 0.2) is 0 Å². The monoisotopic (exact) mass is 575 g/mol. The van der Waals surface area contributed by atoms with Gasteiger partial charge in [-0.1, -0.05) is 31.2 Å². The first kappa shape index (κ1) is 29.3. The number of hydrogen-bond acceptors (Lipinski definition) is 6. The molecule has 1 aliphatic rings. The van der Waals surface area contributed by atoms with E-state index in [4.69, 9.17) is 26.2 Å². The number of fused-ring (bicyclic) bond motifs is 1. The first-order valence-electron chi connectivity index (χ1n) is 13.4. The van der Waals surface area contributed by atoms with Crippen LogP contribution < -0.4 is 5.32 Å². The summed E-state index contributed by atoms with van der Waals surface area (Å²) in [6.07, 6.45) is 2.82. The summed E-state index contributed by atoms with van der Waals surface area (Å²) in [5.74, 6) is 0.304. The topological polar surface area (TPSA) is 81.5 Å². The van der Waals surface area contributed by atoms with Crippen molar-refractivity contribution in [2.75, 3.05) is 25.0 Å². The number of hydrogen-bond donors (Lipinski definition) is 1. The van der Waals surface area contributed by atoms with E-state index in [0.29, 0.717) is 47.2 Å². The minimum atomic E-state index is -1.22. The second kappa shape index (κ2) is 11.8. The quantitative estimate of drug-likeness (QED) is 0.230. The van der Waals surface area contributed by atoms with Gasteiger partial charge >= 0.3 is 6.09 Å². The second-order valence-electron chi connectivity index (χ2n) is 12.3. The van der Waals surface area contributed by atoms with Crippen LogP contribution >= 0.6 is 11.6 Å². The number of pyridine rings is 1. The summed E-state index contributed by atoms with van der Waals surface area (Å²) in [5, 5.41) is 9.34. The summed E-state index contributed by atoms with van der Waals surface area (Å²) < 4.78 is 27.5. The van der Waals surface area contributed by atoms with Crippen LogP contribution in [0.25, 0.3) is 22.2 Å². The molecule has 0 spiro atoms. The van der Waals surface area contributed by atoms with Crippen molar-refractivity contribution < 1.29 is 18.7 Å². The van der Waals surface area contributed by atoms with E-state index in [-0.39, 0.29) is 24.7 Å². The fourth-order valence-electron chi connectivity index (χ4n) is 4.42. The molecular weight excluding hydrogens is 537 g/mol. The van der Waals surface area contributed by atoms with Crippen molar-refractivity contribution in [3.05, 3.63) is 41.3 Å². The van der Waals surface area contributed by atoms with Gasteiger partial charge in [0.2, 0.25) is 0 Å². The maximum Gasteiger partial charge on any atom is 0.410 e.